The minimum atomic E-state index is -0.273. The van der Waals surface area contributed by atoms with Crippen LogP contribution in [-0.2, 0) is 12.8 Å². The maximum atomic E-state index is 11.8. The molecule has 0 heterocycles. The van der Waals surface area contributed by atoms with Gasteiger partial charge in [-0.25, -0.2) is 4.79 Å². The molecule has 4 nitrogen and oxygen atoms in total. The first-order valence-corrected chi connectivity index (χ1v) is 8.13. The van der Waals surface area contributed by atoms with E-state index in [1.807, 2.05) is 6.07 Å². The van der Waals surface area contributed by atoms with E-state index in [-0.39, 0.29) is 6.03 Å². The van der Waals surface area contributed by atoms with Crippen molar-refractivity contribution in [2.24, 2.45) is 0 Å². The van der Waals surface area contributed by atoms with E-state index in [0.29, 0.717) is 23.9 Å². The molecule has 0 fully saturated rings. The fraction of sp³-hybridized carbons (Fsp3) is 0.278. The fourth-order valence-corrected chi connectivity index (χ4v) is 2.90. The third-order valence-electron chi connectivity index (χ3n) is 3.81. The van der Waals surface area contributed by atoms with Crippen LogP contribution in [-0.4, -0.2) is 19.2 Å². The van der Waals surface area contributed by atoms with Gasteiger partial charge in [-0.05, 0) is 60.7 Å². The Hall–Kier alpha value is -2.20. The van der Waals surface area contributed by atoms with Gasteiger partial charge in [0.15, 0.2) is 0 Å². The minimum Gasteiger partial charge on any atom is -0.492 e. The molecule has 120 valence electrons. The molecule has 0 aromatic heterocycles. The molecule has 3 rings (SSSR count). The molecule has 0 spiro atoms. The summed E-state index contributed by atoms with van der Waals surface area (Å²) in [5.74, 6) is 0.864. The van der Waals surface area contributed by atoms with Crippen LogP contribution in [0.1, 0.15) is 17.5 Å². The smallest absolute Gasteiger partial charge is 0.319 e. The predicted octanol–water partition coefficient (Wildman–Crippen LogP) is 4.03. The van der Waals surface area contributed by atoms with Gasteiger partial charge >= 0.3 is 6.03 Å². The van der Waals surface area contributed by atoms with E-state index < -0.39 is 0 Å². The lowest BCUT2D eigenvalue weighted by Gasteiger charge is -2.10. The standard InChI is InChI=1S/C18H19ClN2O2/c19-15-5-2-6-16(12-15)21-18(22)20-9-10-23-17-8-7-13-3-1-4-14(13)11-17/h2,5-8,11-12H,1,3-4,9-10H2,(H2,20,21,22). The molecule has 5 heteroatoms. The van der Waals surface area contributed by atoms with Gasteiger partial charge in [0.1, 0.15) is 12.4 Å². The Morgan fingerprint density at radius 1 is 1.13 bits per heavy atom. The van der Waals surface area contributed by atoms with Crippen LogP contribution < -0.4 is 15.4 Å². The van der Waals surface area contributed by atoms with Crippen LogP contribution >= 0.6 is 11.6 Å². The number of hydrogen-bond donors (Lipinski definition) is 2. The average molecular weight is 331 g/mol. The van der Waals surface area contributed by atoms with E-state index in [2.05, 4.69) is 22.8 Å². The predicted molar refractivity (Wildman–Crippen MR) is 92.4 cm³/mol. The Balaban J connectivity index is 1.40. The zero-order valence-electron chi connectivity index (χ0n) is 12.8. The molecule has 1 aliphatic rings. The number of anilines is 1. The van der Waals surface area contributed by atoms with Gasteiger partial charge in [-0.3, -0.25) is 0 Å². The topological polar surface area (TPSA) is 50.4 Å². The number of ether oxygens (including phenoxy) is 1. The van der Waals surface area contributed by atoms with Crippen LogP contribution in [0.4, 0.5) is 10.5 Å². The van der Waals surface area contributed by atoms with Gasteiger partial charge in [-0.1, -0.05) is 23.7 Å². The normalized spacial score (nSPS) is 12.6. The van der Waals surface area contributed by atoms with Crippen LogP contribution in [0.25, 0.3) is 0 Å². The highest BCUT2D eigenvalue weighted by Gasteiger charge is 2.11. The van der Waals surface area contributed by atoms with Crippen molar-refractivity contribution in [3.05, 3.63) is 58.6 Å². The summed E-state index contributed by atoms with van der Waals surface area (Å²) in [6, 6.07) is 13.0. The monoisotopic (exact) mass is 330 g/mol. The second-order valence-electron chi connectivity index (χ2n) is 5.52. The molecule has 0 unspecified atom stereocenters. The van der Waals surface area contributed by atoms with Crippen molar-refractivity contribution in [1.29, 1.82) is 0 Å². The van der Waals surface area contributed by atoms with Gasteiger partial charge in [0.25, 0.3) is 0 Å². The zero-order valence-corrected chi connectivity index (χ0v) is 13.5. The molecule has 0 atom stereocenters. The number of carbonyl (C=O) groups is 1. The molecule has 0 saturated carbocycles. The third-order valence-corrected chi connectivity index (χ3v) is 4.04. The second-order valence-corrected chi connectivity index (χ2v) is 5.96. The van der Waals surface area contributed by atoms with Crippen LogP contribution in [0.3, 0.4) is 0 Å². The van der Waals surface area contributed by atoms with Crippen LogP contribution in [0.5, 0.6) is 5.75 Å². The highest BCUT2D eigenvalue weighted by atomic mass is 35.5. The van der Waals surface area contributed by atoms with Gasteiger partial charge in [-0.2, -0.15) is 0 Å². The summed E-state index contributed by atoms with van der Waals surface area (Å²) in [6.07, 6.45) is 3.53. The molecule has 0 saturated heterocycles. The molecular weight excluding hydrogens is 312 g/mol. The Kier molecular flexibility index (Phi) is 5.03. The van der Waals surface area contributed by atoms with Gasteiger partial charge in [0.2, 0.25) is 0 Å². The number of carbonyl (C=O) groups excluding carboxylic acids is 1. The van der Waals surface area contributed by atoms with E-state index in [1.54, 1.807) is 24.3 Å². The van der Waals surface area contributed by atoms with E-state index in [0.717, 1.165) is 12.2 Å². The molecular formula is C18H19ClN2O2. The number of nitrogens with one attached hydrogen (secondary N) is 2. The lowest BCUT2D eigenvalue weighted by atomic mass is 10.1. The van der Waals surface area contributed by atoms with Crippen LogP contribution in [0.15, 0.2) is 42.5 Å². The summed E-state index contributed by atoms with van der Waals surface area (Å²) >= 11 is 5.87. The van der Waals surface area contributed by atoms with E-state index in [1.165, 1.54) is 24.0 Å². The van der Waals surface area contributed by atoms with Gasteiger partial charge in [0.05, 0.1) is 6.54 Å². The first-order chi connectivity index (χ1) is 11.2. The highest BCUT2D eigenvalue weighted by molar-refractivity contribution is 6.30. The van der Waals surface area contributed by atoms with Gasteiger partial charge < -0.3 is 15.4 Å². The fourth-order valence-electron chi connectivity index (χ4n) is 2.71. The molecule has 0 aliphatic heterocycles. The summed E-state index contributed by atoms with van der Waals surface area (Å²) in [4.78, 5) is 11.8. The van der Waals surface area contributed by atoms with Gasteiger partial charge in [-0.15, -0.1) is 0 Å². The maximum absolute atomic E-state index is 11.8. The van der Waals surface area contributed by atoms with E-state index in [9.17, 15) is 4.79 Å². The van der Waals surface area contributed by atoms with Crippen molar-refractivity contribution in [2.45, 2.75) is 19.3 Å². The SMILES string of the molecule is O=C(NCCOc1ccc2c(c1)CCC2)Nc1cccc(Cl)c1. The number of rotatable bonds is 5. The number of fused-ring (bicyclic) bond motifs is 1. The van der Waals surface area contributed by atoms with Crippen LogP contribution in [0.2, 0.25) is 5.02 Å². The van der Waals surface area contributed by atoms with Crippen LogP contribution in [0, 0.1) is 0 Å². The number of amides is 2. The Morgan fingerprint density at radius 3 is 2.87 bits per heavy atom. The Labute approximate surface area is 140 Å². The van der Waals surface area contributed by atoms with Crippen molar-refractivity contribution in [1.82, 2.24) is 5.32 Å². The first kappa shape index (κ1) is 15.7. The minimum absolute atomic E-state index is 0.273. The first-order valence-electron chi connectivity index (χ1n) is 7.76. The molecule has 23 heavy (non-hydrogen) atoms. The Bertz CT molecular complexity index is 703. The van der Waals surface area contributed by atoms with Crippen molar-refractivity contribution in [3.63, 3.8) is 0 Å². The molecule has 0 bridgehead atoms. The van der Waals surface area contributed by atoms with Crippen molar-refractivity contribution in [3.8, 4) is 5.75 Å². The van der Waals surface area contributed by atoms with E-state index >= 15 is 0 Å². The van der Waals surface area contributed by atoms with Gasteiger partial charge in [0, 0.05) is 10.7 Å². The summed E-state index contributed by atoms with van der Waals surface area (Å²) in [6.45, 7) is 0.866. The lowest BCUT2D eigenvalue weighted by Crippen LogP contribution is -2.32. The molecule has 2 aromatic rings. The largest absolute Gasteiger partial charge is 0.492 e. The Morgan fingerprint density at radius 2 is 2.00 bits per heavy atom. The maximum Gasteiger partial charge on any atom is 0.319 e. The summed E-state index contributed by atoms with van der Waals surface area (Å²) < 4.78 is 5.69. The number of benzene rings is 2. The molecule has 0 radical (unpaired) electrons. The highest BCUT2D eigenvalue weighted by Crippen LogP contribution is 2.25. The molecule has 2 amide bonds. The number of aryl methyl sites for hydroxylation is 2. The third kappa shape index (κ3) is 4.39. The number of hydrogen-bond acceptors (Lipinski definition) is 2. The quantitative estimate of drug-likeness (QED) is 0.813. The molecule has 1 aliphatic carbocycles. The van der Waals surface area contributed by atoms with E-state index in [4.69, 9.17) is 16.3 Å². The number of urea groups is 1. The molecule has 2 N–H and O–H groups in total. The summed E-state index contributed by atoms with van der Waals surface area (Å²) in [5, 5.41) is 6.07. The average Bonchev–Trinajstić information content (AvgIpc) is 2.99. The summed E-state index contributed by atoms with van der Waals surface area (Å²) in [7, 11) is 0. The second kappa shape index (κ2) is 7.38. The lowest BCUT2D eigenvalue weighted by molar-refractivity contribution is 0.247. The van der Waals surface area contributed by atoms with Crippen molar-refractivity contribution < 1.29 is 9.53 Å². The van der Waals surface area contributed by atoms with Crippen molar-refractivity contribution >= 4 is 23.3 Å². The molecule has 2 aromatic carbocycles. The van der Waals surface area contributed by atoms with Crippen molar-refractivity contribution in [2.75, 3.05) is 18.5 Å². The summed E-state index contributed by atoms with van der Waals surface area (Å²) in [5.41, 5.74) is 3.47. The number of halogens is 1. The zero-order chi connectivity index (χ0) is 16.1.